The number of fused-ring (bicyclic) bond motifs is 7. The van der Waals surface area contributed by atoms with Crippen LogP contribution in [-0.4, -0.2) is 110 Å². The van der Waals surface area contributed by atoms with E-state index in [1.54, 1.807) is 30.4 Å². The first-order valence-electron chi connectivity index (χ1n) is 23.0. The highest BCUT2D eigenvalue weighted by Crippen LogP contribution is 2.50. The molecule has 1 aromatic heterocycles. The maximum absolute atomic E-state index is 14.7. The molecule has 1 saturated heterocycles. The second-order valence-corrected chi connectivity index (χ2v) is 18.5. The van der Waals surface area contributed by atoms with Gasteiger partial charge in [0.1, 0.15) is 41.7 Å². The molecule has 342 valence electrons. The number of aromatic hydroxyl groups is 1. The van der Waals surface area contributed by atoms with Crippen molar-refractivity contribution < 1.29 is 54.1 Å². The molecule has 14 heteroatoms. The number of hydrogen-bond donors (Lipinski definition) is 7. The first-order chi connectivity index (χ1) is 31.6. The van der Waals surface area contributed by atoms with E-state index in [2.05, 4.69) is 22.4 Å². The van der Waals surface area contributed by atoms with Crippen molar-refractivity contribution in [1.82, 2.24) is 15.2 Å². The van der Waals surface area contributed by atoms with Gasteiger partial charge in [0.2, 0.25) is 6.29 Å². The van der Waals surface area contributed by atoms with Crippen molar-refractivity contribution >= 4 is 39.4 Å². The molecular formula is C51H57N3O11. The third-order valence-corrected chi connectivity index (χ3v) is 14.5. The van der Waals surface area contributed by atoms with Crippen LogP contribution >= 0.6 is 0 Å². The molecule has 6 atom stereocenters. The van der Waals surface area contributed by atoms with Crippen LogP contribution in [0.4, 0.5) is 0 Å². The van der Waals surface area contributed by atoms with Gasteiger partial charge in [-0.15, -0.1) is 0 Å². The molecule has 7 N–H and O–H groups in total. The van der Waals surface area contributed by atoms with Gasteiger partial charge in [0.15, 0.2) is 11.4 Å². The number of carbonyl (C=O) groups is 2. The standard InChI is InChI=1S/C51H57N3O11/c1-62-41-21-31-20-35(29-9-5-6-10-29)44(39(56)25-54-24-30-11-7-8-14-33(30)49(54)60)46(58)43(31)47-34(41)16-18-40(63-26-42-45(57)48(59)51(61,27-55)50(64-42)65-47)37-23-53-38-17-15-28(19-36(37)38)22-52-32-12-3-2-4-13-32/h7-8,11,14-21,23,29,32,40,42,45,48,50,52-53,55,57-59,61H,2-6,9-10,12-13,22,24-27H2,1H3. The number of rotatable bonds is 10. The number of benzene rings is 4. The van der Waals surface area contributed by atoms with Crippen molar-refractivity contribution in [1.29, 1.82) is 0 Å². The number of hydrogen-bond acceptors (Lipinski definition) is 12. The van der Waals surface area contributed by atoms with Crippen LogP contribution in [0.3, 0.4) is 0 Å². The minimum absolute atomic E-state index is 0.0454. The Balaban J connectivity index is 1.11. The highest BCUT2D eigenvalue weighted by Gasteiger charge is 2.57. The van der Waals surface area contributed by atoms with Crippen molar-refractivity contribution in [3.8, 4) is 17.2 Å². The molecular weight excluding hydrogens is 831 g/mol. The van der Waals surface area contributed by atoms with Gasteiger partial charge >= 0.3 is 0 Å². The summed E-state index contributed by atoms with van der Waals surface area (Å²) in [6.07, 6.45) is 7.43. The summed E-state index contributed by atoms with van der Waals surface area (Å²) < 4.78 is 25.4. The van der Waals surface area contributed by atoms with Gasteiger partial charge in [0.05, 0.1) is 43.4 Å². The molecule has 2 saturated carbocycles. The largest absolute Gasteiger partial charge is 0.506 e. The lowest BCUT2D eigenvalue weighted by molar-refractivity contribution is -0.329. The van der Waals surface area contributed by atoms with Gasteiger partial charge in [-0.1, -0.05) is 62.4 Å². The smallest absolute Gasteiger partial charge is 0.254 e. The molecule has 6 unspecified atom stereocenters. The number of nitrogens with one attached hydrogen (secondary N) is 2. The highest BCUT2D eigenvalue weighted by atomic mass is 16.7. The van der Waals surface area contributed by atoms with E-state index < -0.39 is 48.7 Å². The van der Waals surface area contributed by atoms with Crippen LogP contribution in [0.15, 0.2) is 66.9 Å². The van der Waals surface area contributed by atoms with Gasteiger partial charge in [-0.25, -0.2) is 0 Å². The van der Waals surface area contributed by atoms with Crippen LogP contribution in [0.5, 0.6) is 17.2 Å². The Kier molecular flexibility index (Phi) is 11.9. The lowest BCUT2D eigenvalue weighted by atomic mass is 9.86. The summed E-state index contributed by atoms with van der Waals surface area (Å²) in [5, 5.41) is 63.2. The minimum Gasteiger partial charge on any atom is -0.506 e. The van der Waals surface area contributed by atoms with Crippen molar-refractivity contribution in [3.63, 3.8) is 0 Å². The summed E-state index contributed by atoms with van der Waals surface area (Å²) in [6.45, 7) is -0.655. The van der Waals surface area contributed by atoms with Crippen LogP contribution in [0, 0.1) is 0 Å². The molecule has 3 fully saturated rings. The fourth-order valence-corrected chi connectivity index (χ4v) is 10.8. The molecule has 65 heavy (non-hydrogen) atoms. The van der Waals surface area contributed by atoms with Gasteiger partial charge < -0.3 is 59.7 Å². The molecule has 2 bridgehead atoms. The fourth-order valence-electron chi connectivity index (χ4n) is 10.8. The van der Waals surface area contributed by atoms with Crippen LogP contribution in [-0.2, 0) is 22.6 Å². The number of H-pyrrole nitrogens is 1. The van der Waals surface area contributed by atoms with Crippen LogP contribution < -0.4 is 14.8 Å². The number of carbonyl (C=O) groups excluding carboxylic acids is 2. The number of amides is 1. The lowest BCUT2D eigenvalue weighted by Gasteiger charge is -2.47. The van der Waals surface area contributed by atoms with Gasteiger partial charge in [0, 0.05) is 47.4 Å². The quantitative estimate of drug-likeness (QED) is 0.0775. The Morgan fingerprint density at radius 2 is 1.78 bits per heavy atom. The van der Waals surface area contributed by atoms with Crippen molar-refractivity contribution in [2.24, 2.45) is 0 Å². The Morgan fingerprint density at radius 3 is 2.55 bits per heavy atom. The molecule has 10 rings (SSSR count). The number of ether oxygens (including phenoxy) is 4. The van der Waals surface area contributed by atoms with E-state index in [-0.39, 0.29) is 59.5 Å². The predicted octanol–water partition coefficient (Wildman–Crippen LogP) is 6.29. The van der Waals surface area contributed by atoms with E-state index in [1.165, 1.54) is 31.3 Å². The number of aliphatic hydroxyl groups excluding tert-OH is 3. The SMILES string of the molecule is COc1cc2cc(C3CCCC3)c(C(=O)CN3Cc4ccccc4C3=O)c(O)c2c2c1C=CC(c1c[nH]c3ccc(CNC4CCCCC4)cc13)OCC1OC(O2)C(O)(CO)C(O)C1O. The number of aliphatic hydroxyl groups is 4. The zero-order valence-electron chi connectivity index (χ0n) is 36.5. The molecule has 4 aromatic carbocycles. The molecule has 4 heterocycles. The highest BCUT2D eigenvalue weighted by molar-refractivity contribution is 6.11. The maximum atomic E-state index is 14.7. The molecule has 1 amide bonds. The minimum atomic E-state index is -2.55. The summed E-state index contributed by atoms with van der Waals surface area (Å²) in [7, 11) is 1.49. The summed E-state index contributed by atoms with van der Waals surface area (Å²) in [5.41, 5.74) is 2.56. The third-order valence-electron chi connectivity index (χ3n) is 14.5. The summed E-state index contributed by atoms with van der Waals surface area (Å²) in [6, 6.07) is 17.6. The van der Waals surface area contributed by atoms with E-state index in [0.717, 1.165) is 66.1 Å². The first-order valence-corrected chi connectivity index (χ1v) is 23.0. The molecule has 5 aromatic rings. The Labute approximate surface area is 376 Å². The van der Waals surface area contributed by atoms with Gasteiger partial charge in [0.25, 0.3) is 5.91 Å². The van der Waals surface area contributed by atoms with Gasteiger partial charge in [-0.05, 0) is 90.1 Å². The van der Waals surface area contributed by atoms with Gasteiger partial charge in [-0.3, -0.25) is 9.59 Å². The van der Waals surface area contributed by atoms with Crippen LogP contribution in [0.2, 0.25) is 0 Å². The average Bonchev–Trinajstić information content (AvgIpc) is 4.08. The number of Topliss-reactive ketones (excluding diaryl/α,β-unsaturated/α-hetero) is 1. The van der Waals surface area contributed by atoms with E-state index in [4.69, 9.17) is 18.9 Å². The summed E-state index contributed by atoms with van der Waals surface area (Å²) in [5.74, 6) is -0.912. The Bertz CT molecular complexity index is 2650. The zero-order valence-corrected chi connectivity index (χ0v) is 36.5. The number of phenolic OH excluding ortho intramolecular Hbond substituents is 1. The molecule has 14 nitrogen and oxygen atoms in total. The van der Waals surface area contributed by atoms with E-state index >= 15 is 0 Å². The number of phenols is 1. The molecule has 5 aliphatic rings. The number of aromatic nitrogens is 1. The second-order valence-electron chi connectivity index (χ2n) is 18.5. The summed E-state index contributed by atoms with van der Waals surface area (Å²) in [4.78, 5) is 33.1. The van der Waals surface area contributed by atoms with E-state index in [1.807, 2.05) is 30.5 Å². The predicted molar refractivity (Wildman–Crippen MR) is 242 cm³/mol. The number of methoxy groups -OCH3 is 1. The van der Waals surface area contributed by atoms with Crippen molar-refractivity contribution in [2.75, 3.05) is 26.9 Å². The maximum Gasteiger partial charge on any atom is 0.254 e. The monoisotopic (exact) mass is 887 g/mol. The summed E-state index contributed by atoms with van der Waals surface area (Å²) >= 11 is 0. The number of aromatic amines is 1. The molecule has 0 spiro atoms. The van der Waals surface area contributed by atoms with Crippen LogP contribution in [0.25, 0.3) is 27.8 Å². The normalized spacial score (nSPS) is 26.3. The molecule has 0 radical (unpaired) electrons. The fraction of sp³-hybridized carbons (Fsp3) is 0.451. The topological polar surface area (TPSA) is 203 Å². The van der Waals surface area contributed by atoms with E-state index in [9.17, 15) is 35.1 Å². The van der Waals surface area contributed by atoms with E-state index in [0.29, 0.717) is 34.8 Å². The third kappa shape index (κ3) is 7.88. The lowest BCUT2D eigenvalue weighted by Crippen LogP contribution is -2.69. The number of ketones is 1. The van der Waals surface area contributed by atoms with Crippen molar-refractivity contribution in [3.05, 3.63) is 106 Å². The van der Waals surface area contributed by atoms with Gasteiger partial charge in [-0.2, -0.15) is 0 Å². The second kappa shape index (κ2) is 17.8. The first kappa shape index (κ1) is 43.6. The Morgan fingerprint density at radius 1 is 1.00 bits per heavy atom. The number of nitrogens with zero attached hydrogens (tertiary/aromatic N) is 1. The average molecular weight is 888 g/mol. The Hall–Kier alpha value is -5.32. The molecule has 3 aliphatic heterocycles. The molecule has 2 aliphatic carbocycles. The van der Waals surface area contributed by atoms with Crippen molar-refractivity contribution in [2.45, 2.75) is 119 Å². The zero-order chi connectivity index (χ0) is 45.0. The van der Waals surface area contributed by atoms with Crippen LogP contribution in [0.1, 0.15) is 118 Å².